The highest BCUT2D eigenvalue weighted by molar-refractivity contribution is 6.46. The normalized spacial score (nSPS) is 18.8. The molecule has 0 spiro atoms. The van der Waals surface area contributed by atoms with Crippen LogP contribution >= 0.6 is 0 Å². The summed E-state index contributed by atoms with van der Waals surface area (Å²) in [6.45, 7) is 5.33. The van der Waals surface area contributed by atoms with Crippen molar-refractivity contribution in [2.45, 2.75) is 32.4 Å². The lowest BCUT2D eigenvalue weighted by atomic mass is 9.93. The van der Waals surface area contributed by atoms with Gasteiger partial charge < -0.3 is 19.5 Å². The first-order chi connectivity index (χ1) is 16.9. The molecular weight excluding hydrogens is 442 g/mol. The second kappa shape index (κ2) is 9.29. The van der Waals surface area contributed by atoms with Crippen LogP contribution in [0.5, 0.6) is 11.5 Å². The largest absolute Gasteiger partial charge is 0.507 e. The number of carbonyl (C=O) groups is 2. The zero-order valence-electron chi connectivity index (χ0n) is 19.7. The molecule has 1 unspecified atom stereocenters. The Morgan fingerprint density at radius 3 is 2.31 bits per heavy atom. The molecule has 2 aliphatic heterocycles. The van der Waals surface area contributed by atoms with Crippen LogP contribution in [0.25, 0.3) is 5.76 Å². The van der Waals surface area contributed by atoms with Gasteiger partial charge in [-0.3, -0.25) is 9.59 Å². The fraction of sp³-hybridized carbons (Fsp3) is 0.241. The molecule has 0 aromatic heterocycles. The van der Waals surface area contributed by atoms with Gasteiger partial charge in [-0.2, -0.15) is 0 Å². The minimum absolute atomic E-state index is 0.0694. The van der Waals surface area contributed by atoms with E-state index >= 15 is 0 Å². The number of fused-ring (bicyclic) bond motifs is 1. The predicted molar refractivity (Wildman–Crippen MR) is 132 cm³/mol. The van der Waals surface area contributed by atoms with Crippen LogP contribution in [0.3, 0.4) is 0 Å². The quantitative estimate of drug-likeness (QED) is 0.316. The molecular formula is C29H27NO5. The summed E-state index contributed by atoms with van der Waals surface area (Å²) in [6.07, 6.45) is 0. The highest BCUT2D eigenvalue weighted by Crippen LogP contribution is 2.42. The SMILES string of the molecule is CC(C)c1ccc(C2/C(=C(\O)c3ccc4c(c3)OCCO4)C(=O)C(=O)N2Cc2ccccc2)cc1. The van der Waals surface area contributed by atoms with Crippen LogP contribution in [-0.2, 0) is 16.1 Å². The van der Waals surface area contributed by atoms with Gasteiger partial charge in [0.25, 0.3) is 11.7 Å². The van der Waals surface area contributed by atoms with Gasteiger partial charge in [0.15, 0.2) is 11.5 Å². The molecule has 35 heavy (non-hydrogen) atoms. The summed E-state index contributed by atoms with van der Waals surface area (Å²) < 4.78 is 11.2. The van der Waals surface area contributed by atoms with Crippen molar-refractivity contribution in [1.29, 1.82) is 0 Å². The Morgan fingerprint density at radius 1 is 0.943 bits per heavy atom. The van der Waals surface area contributed by atoms with Crippen molar-refractivity contribution in [2.75, 3.05) is 13.2 Å². The first-order valence-electron chi connectivity index (χ1n) is 11.8. The van der Waals surface area contributed by atoms with Crippen molar-refractivity contribution >= 4 is 17.4 Å². The number of aliphatic hydroxyl groups excluding tert-OH is 1. The number of aliphatic hydroxyl groups is 1. The molecule has 1 saturated heterocycles. The van der Waals surface area contributed by atoms with E-state index in [1.807, 2.05) is 54.6 Å². The number of hydrogen-bond donors (Lipinski definition) is 1. The van der Waals surface area contributed by atoms with Crippen molar-refractivity contribution in [2.24, 2.45) is 0 Å². The van der Waals surface area contributed by atoms with E-state index in [2.05, 4.69) is 13.8 Å². The fourth-order valence-corrected chi connectivity index (χ4v) is 4.58. The summed E-state index contributed by atoms with van der Waals surface area (Å²) in [7, 11) is 0. The number of carbonyl (C=O) groups excluding carboxylic acids is 2. The molecule has 2 aliphatic rings. The standard InChI is InChI=1S/C29H27NO5/c1-18(2)20-8-10-21(11-9-20)26-25(27(31)22-12-13-23-24(16-22)35-15-14-34-23)28(32)29(33)30(26)17-19-6-4-3-5-7-19/h3-13,16,18,26,31H,14-15,17H2,1-2H3/b27-25+. The summed E-state index contributed by atoms with van der Waals surface area (Å²) in [6, 6.07) is 21.7. The third-order valence-corrected chi connectivity index (χ3v) is 6.47. The molecule has 1 amide bonds. The van der Waals surface area contributed by atoms with Crippen molar-refractivity contribution in [3.8, 4) is 11.5 Å². The topological polar surface area (TPSA) is 76.1 Å². The number of rotatable bonds is 5. The van der Waals surface area contributed by atoms with Gasteiger partial charge >= 0.3 is 0 Å². The number of nitrogens with zero attached hydrogens (tertiary/aromatic N) is 1. The second-order valence-electron chi connectivity index (χ2n) is 9.09. The zero-order valence-corrected chi connectivity index (χ0v) is 19.7. The van der Waals surface area contributed by atoms with Crippen molar-refractivity contribution in [3.05, 3.63) is 101 Å². The average Bonchev–Trinajstić information content (AvgIpc) is 3.13. The van der Waals surface area contributed by atoms with E-state index in [1.54, 1.807) is 18.2 Å². The number of benzene rings is 3. The van der Waals surface area contributed by atoms with E-state index in [0.717, 1.165) is 16.7 Å². The van der Waals surface area contributed by atoms with E-state index in [9.17, 15) is 14.7 Å². The number of ether oxygens (including phenoxy) is 2. The van der Waals surface area contributed by atoms with Gasteiger partial charge in [0, 0.05) is 12.1 Å². The second-order valence-corrected chi connectivity index (χ2v) is 9.09. The highest BCUT2D eigenvalue weighted by atomic mass is 16.6. The van der Waals surface area contributed by atoms with Crippen LogP contribution < -0.4 is 9.47 Å². The third-order valence-electron chi connectivity index (χ3n) is 6.47. The van der Waals surface area contributed by atoms with Gasteiger partial charge in [-0.1, -0.05) is 68.4 Å². The Hall–Kier alpha value is -4.06. The van der Waals surface area contributed by atoms with E-state index < -0.39 is 17.7 Å². The third kappa shape index (κ3) is 4.28. The molecule has 0 radical (unpaired) electrons. The lowest BCUT2D eigenvalue weighted by molar-refractivity contribution is -0.140. The van der Waals surface area contributed by atoms with Crippen LogP contribution in [-0.4, -0.2) is 34.9 Å². The molecule has 0 saturated carbocycles. The fourth-order valence-electron chi connectivity index (χ4n) is 4.58. The van der Waals surface area contributed by atoms with Crippen LogP contribution in [0.1, 0.15) is 48.1 Å². The Labute approximate surface area is 204 Å². The maximum absolute atomic E-state index is 13.3. The summed E-state index contributed by atoms with van der Waals surface area (Å²) in [5.41, 5.74) is 3.29. The maximum atomic E-state index is 13.3. The minimum atomic E-state index is -0.718. The van der Waals surface area contributed by atoms with Crippen LogP contribution in [0.4, 0.5) is 0 Å². The molecule has 5 rings (SSSR count). The minimum Gasteiger partial charge on any atom is -0.507 e. The number of ketones is 1. The van der Waals surface area contributed by atoms with Crippen LogP contribution in [0.2, 0.25) is 0 Å². The summed E-state index contributed by atoms with van der Waals surface area (Å²) in [5, 5.41) is 11.4. The van der Waals surface area contributed by atoms with Gasteiger partial charge in [-0.05, 0) is 40.8 Å². The van der Waals surface area contributed by atoms with Crippen molar-refractivity contribution < 1.29 is 24.2 Å². The number of Topliss-reactive ketones (excluding diaryl/α,β-unsaturated/α-hetero) is 1. The molecule has 6 heteroatoms. The monoisotopic (exact) mass is 469 g/mol. The Kier molecular flexibility index (Phi) is 6.03. The first kappa shape index (κ1) is 22.7. The lowest BCUT2D eigenvalue weighted by Crippen LogP contribution is -2.29. The van der Waals surface area contributed by atoms with Crippen molar-refractivity contribution in [1.82, 2.24) is 4.90 Å². The molecule has 1 fully saturated rings. The van der Waals surface area contributed by atoms with Crippen LogP contribution in [0.15, 0.2) is 78.4 Å². The average molecular weight is 470 g/mol. The first-order valence-corrected chi connectivity index (χ1v) is 11.8. The predicted octanol–water partition coefficient (Wildman–Crippen LogP) is 5.20. The van der Waals surface area contributed by atoms with E-state index in [0.29, 0.717) is 36.2 Å². The summed E-state index contributed by atoms with van der Waals surface area (Å²) >= 11 is 0. The molecule has 1 atom stereocenters. The maximum Gasteiger partial charge on any atom is 0.295 e. The molecule has 3 aromatic rings. The van der Waals surface area contributed by atoms with Gasteiger partial charge in [0.2, 0.25) is 0 Å². The van der Waals surface area contributed by atoms with Gasteiger partial charge in [0.1, 0.15) is 19.0 Å². The Balaban J connectivity index is 1.62. The van der Waals surface area contributed by atoms with Gasteiger partial charge in [-0.15, -0.1) is 0 Å². The zero-order chi connectivity index (χ0) is 24.5. The number of likely N-dealkylation sites (tertiary alicyclic amines) is 1. The van der Waals surface area contributed by atoms with Crippen molar-refractivity contribution in [3.63, 3.8) is 0 Å². The van der Waals surface area contributed by atoms with Gasteiger partial charge in [0.05, 0.1) is 11.6 Å². The van der Waals surface area contributed by atoms with Crippen LogP contribution in [0, 0.1) is 0 Å². The molecule has 178 valence electrons. The van der Waals surface area contributed by atoms with E-state index in [-0.39, 0.29) is 17.9 Å². The number of amides is 1. The summed E-state index contributed by atoms with van der Waals surface area (Å²) in [5.74, 6) is -0.141. The summed E-state index contributed by atoms with van der Waals surface area (Å²) in [4.78, 5) is 28.1. The molecule has 1 N–H and O–H groups in total. The van der Waals surface area contributed by atoms with Gasteiger partial charge in [-0.25, -0.2) is 0 Å². The highest BCUT2D eigenvalue weighted by Gasteiger charge is 2.46. The molecule has 2 heterocycles. The van der Waals surface area contributed by atoms with E-state index in [4.69, 9.17) is 9.47 Å². The molecule has 6 nitrogen and oxygen atoms in total. The Morgan fingerprint density at radius 2 is 1.63 bits per heavy atom. The Bertz CT molecular complexity index is 1290. The smallest absolute Gasteiger partial charge is 0.295 e. The molecule has 0 aliphatic carbocycles. The number of hydrogen-bond acceptors (Lipinski definition) is 5. The lowest BCUT2D eigenvalue weighted by Gasteiger charge is -2.26. The molecule has 0 bridgehead atoms. The molecule has 3 aromatic carbocycles. The van der Waals surface area contributed by atoms with E-state index in [1.165, 1.54) is 4.90 Å².